The van der Waals surface area contributed by atoms with Crippen LogP contribution in [-0.2, 0) is 11.2 Å². The van der Waals surface area contributed by atoms with Gasteiger partial charge in [-0.15, -0.1) is 0 Å². The Balaban J connectivity index is 2.12. The Morgan fingerprint density at radius 1 is 1.11 bits per heavy atom. The maximum absolute atomic E-state index is 12.4. The second kappa shape index (κ2) is 9.25. The molecule has 0 aromatic heterocycles. The minimum atomic E-state index is -0.868. The van der Waals surface area contributed by atoms with E-state index in [0.29, 0.717) is 5.69 Å². The first-order valence-electron chi connectivity index (χ1n) is 8.47. The molecule has 0 aliphatic rings. The van der Waals surface area contributed by atoms with Crippen LogP contribution in [0.4, 0.5) is 10.5 Å². The molecule has 2 aromatic rings. The summed E-state index contributed by atoms with van der Waals surface area (Å²) in [4.78, 5) is 24.8. The summed E-state index contributed by atoms with van der Waals surface area (Å²) in [7, 11) is 0. The average Bonchev–Trinajstić information content (AvgIpc) is 2.64. The summed E-state index contributed by atoms with van der Waals surface area (Å²) in [5.74, 6) is -0.341. The lowest BCUT2D eigenvalue weighted by atomic mass is 10.0. The molecule has 0 bridgehead atoms. The number of nitriles is 1. The van der Waals surface area contributed by atoms with Crippen LogP contribution < -0.4 is 16.0 Å². The van der Waals surface area contributed by atoms with Crippen molar-refractivity contribution in [3.63, 3.8) is 0 Å². The van der Waals surface area contributed by atoms with Gasteiger partial charge in [-0.05, 0) is 42.7 Å². The average molecular weight is 366 g/mol. The van der Waals surface area contributed by atoms with Crippen LogP contribution >= 0.6 is 0 Å². The van der Waals surface area contributed by atoms with Crippen molar-refractivity contribution in [2.75, 3.05) is 11.9 Å². The number of carbonyl (C=O) groups is 2. The zero-order chi connectivity index (χ0) is 19.8. The Kier molecular flexibility index (Phi) is 6.78. The number of benzene rings is 2. The molecule has 0 aliphatic carbocycles. The molecule has 0 spiro atoms. The third kappa shape index (κ3) is 5.75. The fourth-order valence-electron chi connectivity index (χ4n) is 2.65. The first-order valence-corrected chi connectivity index (χ1v) is 8.47. The largest absolute Gasteiger partial charge is 0.508 e. The highest BCUT2D eigenvalue weighted by atomic mass is 16.3. The maximum Gasteiger partial charge on any atom is 0.319 e. The minimum Gasteiger partial charge on any atom is -0.508 e. The Morgan fingerprint density at radius 2 is 1.74 bits per heavy atom. The third-order valence-electron chi connectivity index (χ3n) is 4.06. The van der Waals surface area contributed by atoms with Crippen LogP contribution in [0, 0.1) is 25.2 Å². The van der Waals surface area contributed by atoms with E-state index in [1.54, 1.807) is 12.1 Å². The lowest BCUT2D eigenvalue weighted by molar-refractivity contribution is -0.122. The number of para-hydroxylation sites is 1. The van der Waals surface area contributed by atoms with Crippen molar-refractivity contribution in [1.29, 1.82) is 5.26 Å². The minimum absolute atomic E-state index is 0.116. The van der Waals surface area contributed by atoms with Gasteiger partial charge in [0.15, 0.2) is 0 Å². The molecule has 2 rings (SSSR count). The van der Waals surface area contributed by atoms with E-state index < -0.39 is 18.0 Å². The number of aromatic hydroxyl groups is 1. The molecule has 0 radical (unpaired) electrons. The molecule has 0 saturated heterocycles. The molecule has 27 heavy (non-hydrogen) atoms. The molecule has 0 aliphatic heterocycles. The Hall–Kier alpha value is -3.53. The normalized spacial score (nSPS) is 11.1. The summed E-state index contributed by atoms with van der Waals surface area (Å²) in [5.41, 5.74) is 3.27. The fourth-order valence-corrected chi connectivity index (χ4v) is 2.65. The number of phenolic OH excluding ortho intramolecular Hbond substituents is 1. The monoisotopic (exact) mass is 366 g/mol. The van der Waals surface area contributed by atoms with Crippen molar-refractivity contribution in [1.82, 2.24) is 10.6 Å². The highest BCUT2D eigenvalue weighted by molar-refractivity contribution is 5.95. The van der Waals surface area contributed by atoms with Crippen LogP contribution in [0.1, 0.15) is 16.7 Å². The fraction of sp³-hybridized carbons (Fsp3) is 0.250. The number of hydrogen-bond donors (Lipinski definition) is 4. The van der Waals surface area contributed by atoms with Gasteiger partial charge < -0.3 is 21.1 Å². The lowest BCUT2D eigenvalue weighted by Gasteiger charge is -2.19. The number of amides is 3. The van der Waals surface area contributed by atoms with Gasteiger partial charge in [0.25, 0.3) is 0 Å². The molecular formula is C20H22N4O3. The van der Waals surface area contributed by atoms with Crippen molar-refractivity contribution in [2.24, 2.45) is 0 Å². The quantitative estimate of drug-likeness (QED) is 0.588. The summed E-state index contributed by atoms with van der Waals surface area (Å²) in [6, 6.07) is 12.5. The molecule has 7 nitrogen and oxygen atoms in total. The number of anilines is 1. The highest BCUT2D eigenvalue weighted by Crippen LogP contribution is 2.19. The molecule has 0 fully saturated rings. The highest BCUT2D eigenvalue weighted by Gasteiger charge is 2.21. The van der Waals surface area contributed by atoms with Crippen LogP contribution in [0.2, 0.25) is 0 Å². The molecule has 3 amide bonds. The number of nitrogens with one attached hydrogen (secondary N) is 3. The summed E-state index contributed by atoms with van der Waals surface area (Å²) < 4.78 is 0. The third-order valence-corrected chi connectivity index (χ3v) is 4.06. The molecule has 7 heteroatoms. The SMILES string of the molecule is Cc1cccc(C)c1NC(=O)NC(Cc1ccc(O)cc1)C(=O)NCC#N. The van der Waals surface area contributed by atoms with Crippen molar-refractivity contribution < 1.29 is 14.7 Å². The van der Waals surface area contributed by atoms with Crippen LogP contribution in [0.15, 0.2) is 42.5 Å². The van der Waals surface area contributed by atoms with Crippen LogP contribution in [0.25, 0.3) is 0 Å². The van der Waals surface area contributed by atoms with E-state index in [0.717, 1.165) is 16.7 Å². The lowest BCUT2D eigenvalue weighted by Crippen LogP contribution is -2.49. The standard InChI is InChI=1S/C20H22N4O3/c1-13-4-3-5-14(2)18(13)24-20(27)23-17(19(26)22-11-10-21)12-15-6-8-16(25)9-7-15/h3-9,17,25H,11-12H2,1-2H3,(H,22,26)(H2,23,24,27). The van der Waals surface area contributed by atoms with E-state index in [1.165, 1.54) is 12.1 Å². The number of urea groups is 1. The van der Waals surface area contributed by atoms with E-state index in [4.69, 9.17) is 5.26 Å². The number of aryl methyl sites for hydroxylation is 2. The van der Waals surface area contributed by atoms with Crippen molar-refractivity contribution in [3.05, 3.63) is 59.2 Å². The van der Waals surface area contributed by atoms with Gasteiger partial charge in [0.1, 0.15) is 18.3 Å². The van der Waals surface area contributed by atoms with Crippen molar-refractivity contribution in [3.8, 4) is 11.8 Å². The second-order valence-corrected chi connectivity index (χ2v) is 6.16. The van der Waals surface area contributed by atoms with Crippen LogP contribution in [-0.4, -0.2) is 29.6 Å². The van der Waals surface area contributed by atoms with Crippen molar-refractivity contribution in [2.45, 2.75) is 26.3 Å². The molecule has 0 saturated carbocycles. The molecule has 1 unspecified atom stereocenters. The van der Waals surface area contributed by atoms with Crippen LogP contribution in [0.5, 0.6) is 5.75 Å². The number of carbonyl (C=O) groups excluding carboxylic acids is 2. The second-order valence-electron chi connectivity index (χ2n) is 6.16. The van der Waals surface area contributed by atoms with Gasteiger partial charge in [-0.25, -0.2) is 4.79 Å². The maximum atomic E-state index is 12.4. The molecule has 140 valence electrons. The van der Waals surface area contributed by atoms with Crippen molar-refractivity contribution >= 4 is 17.6 Å². The zero-order valence-corrected chi connectivity index (χ0v) is 15.2. The van der Waals surface area contributed by atoms with Gasteiger partial charge in [0, 0.05) is 12.1 Å². The van der Waals surface area contributed by atoms with Gasteiger partial charge in [-0.3, -0.25) is 4.79 Å². The Morgan fingerprint density at radius 3 is 2.33 bits per heavy atom. The summed E-state index contributed by atoms with van der Waals surface area (Å²) in [6.45, 7) is 3.62. The number of rotatable bonds is 6. The topological polar surface area (TPSA) is 114 Å². The van der Waals surface area contributed by atoms with Gasteiger partial charge >= 0.3 is 6.03 Å². The number of hydrogen-bond acceptors (Lipinski definition) is 4. The van der Waals surface area contributed by atoms with E-state index >= 15 is 0 Å². The zero-order valence-electron chi connectivity index (χ0n) is 15.2. The number of nitrogens with zero attached hydrogens (tertiary/aromatic N) is 1. The predicted octanol–water partition coefficient (Wildman–Crippen LogP) is 2.38. The van der Waals surface area contributed by atoms with E-state index in [9.17, 15) is 14.7 Å². The van der Waals surface area contributed by atoms with Gasteiger partial charge in [-0.2, -0.15) is 5.26 Å². The van der Waals surface area contributed by atoms with Gasteiger partial charge in [0.2, 0.25) is 5.91 Å². The summed E-state index contributed by atoms with van der Waals surface area (Å²) in [5, 5.41) is 25.9. The van der Waals surface area contributed by atoms with Gasteiger partial charge in [0.05, 0.1) is 6.07 Å². The Labute approximate surface area is 158 Å². The molecule has 2 aromatic carbocycles. The van der Waals surface area contributed by atoms with Crippen LogP contribution in [0.3, 0.4) is 0 Å². The first-order chi connectivity index (χ1) is 12.9. The Bertz CT molecular complexity index is 836. The summed E-state index contributed by atoms with van der Waals surface area (Å²) in [6.07, 6.45) is 0.220. The predicted molar refractivity (Wildman–Crippen MR) is 102 cm³/mol. The number of phenols is 1. The van der Waals surface area contributed by atoms with E-state index in [1.807, 2.05) is 38.1 Å². The smallest absolute Gasteiger partial charge is 0.319 e. The molecule has 1 atom stereocenters. The molecular weight excluding hydrogens is 344 g/mol. The molecule has 4 N–H and O–H groups in total. The van der Waals surface area contributed by atoms with E-state index in [2.05, 4.69) is 16.0 Å². The van der Waals surface area contributed by atoms with Gasteiger partial charge in [-0.1, -0.05) is 30.3 Å². The van der Waals surface area contributed by atoms with E-state index in [-0.39, 0.29) is 18.7 Å². The summed E-state index contributed by atoms with van der Waals surface area (Å²) >= 11 is 0. The molecule has 0 heterocycles. The first kappa shape index (κ1) is 19.8.